The smallest absolute Gasteiger partial charge is 0.231 e. The maximum absolute atomic E-state index is 5.45. The van der Waals surface area contributed by atoms with Gasteiger partial charge in [0.15, 0.2) is 17.5 Å². The van der Waals surface area contributed by atoms with E-state index in [4.69, 9.17) is 14.5 Å². The second-order valence-electron chi connectivity index (χ2n) is 8.13. The molecule has 2 aliphatic rings. The van der Waals surface area contributed by atoms with Gasteiger partial charge in [0.25, 0.3) is 0 Å². The highest BCUT2D eigenvalue weighted by Crippen LogP contribution is 2.32. The van der Waals surface area contributed by atoms with E-state index in [0.717, 1.165) is 68.8 Å². The molecule has 0 aromatic heterocycles. The average molecular weight is 551 g/mol. The number of aliphatic imine (C=N–C) groups is 1. The molecule has 8 heteroatoms. The lowest BCUT2D eigenvalue weighted by Crippen LogP contribution is -2.43. The number of ether oxygens (including phenoxy) is 2. The van der Waals surface area contributed by atoms with Crippen LogP contribution in [0.1, 0.15) is 23.6 Å². The van der Waals surface area contributed by atoms with Gasteiger partial charge < -0.3 is 25.0 Å². The van der Waals surface area contributed by atoms with Crippen molar-refractivity contribution in [3.63, 3.8) is 0 Å². The first-order valence-electron chi connectivity index (χ1n) is 11.1. The molecule has 0 aliphatic carbocycles. The molecule has 1 saturated heterocycles. The first-order valence-corrected chi connectivity index (χ1v) is 11.1. The van der Waals surface area contributed by atoms with Gasteiger partial charge in [-0.1, -0.05) is 30.3 Å². The monoisotopic (exact) mass is 551 g/mol. The van der Waals surface area contributed by atoms with Gasteiger partial charge in [0, 0.05) is 45.8 Å². The van der Waals surface area contributed by atoms with Crippen LogP contribution in [-0.2, 0) is 19.6 Å². The number of nitrogens with one attached hydrogen (secondary N) is 2. The Labute approximate surface area is 208 Å². The van der Waals surface area contributed by atoms with E-state index in [-0.39, 0.29) is 24.0 Å². The number of piperazine rings is 1. The van der Waals surface area contributed by atoms with Gasteiger partial charge >= 0.3 is 0 Å². The van der Waals surface area contributed by atoms with Gasteiger partial charge in [-0.3, -0.25) is 4.90 Å². The molecule has 2 aliphatic heterocycles. The maximum atomic E-state index is 5.45. The molecule has 2 aromatic carbocycles. The van der Waals surface area contributed by atoms with Crippen molar-refractivity contribution in [3.8, 4) is 11.5 Å². The fourth-order valence-electron chi connectivity index (χ4n) is 3.76. The highest BCUT2D eigenvalue weighted by molar-refractivity contribution is 14.0. The van der Waals surface area contributed by atoms with E-state index in [0.29, 0.717) is 13.3 Å². The Bertz CT molecular complexity index is 882. The van der Waals surface area contributed by atoms with Crippen LogP contribution in [0, 0.1) is 0 Å². The van der Waals surface area contributed by atoms with Crippen LogP contribution in [0.4, 0.5) is 0 Å². The molecule has 174 valence electrons. The molecule has 0 radical (unpaired) electrons. The molecule has 4 rings (SSSR count). The SMILES string of the molecule is CCNC(=NCc1ccc2c(c1)OCO2)NCc1ccc(CN2CCN(C)CC2)cc1.I. The molecule has 0 bridgehead atoms. The zero-order valence-corrected chi connectivity index (χ0v) is 21.3. The summed E-state index contributed by atoms with van der Waals surface area (Å²) in [6.45, 7) is 10.1. The van der Waals surface area contributed by atoms with Gasteiger partial charge in [0.05, 0.1) is 6.54 Å². The number of hydrogen-bond donors (Lipinski definition) is 2. The van der Waals surface area contributed by atoms with E-state index in [1.807, 2.05) is 18.2 Å². The first-order chi connectivity index (χ1) is 15.2. The largest absolute Gasteiger partial charge is 0.454 e. The van der Waals surface area contributed by atoms with Crippen LogP contribution in [0.2, 0.25) is 0 Å². The fourth-order valence-corrected chi connectivity index (χ4v) is 3.76. The molecular formula is C24H34IN5O2. The number of halogens is 1. The van der Waals surface area contributed by atoms with Gasteiger partial charge in [-0.15, -0.1) is 24.0 Å². The van der Waals surface area contributed by atoms with Crippen molar-refractivity contribution in [3.05, 3.63) is 59.2 Å². The Kier molecular flexibility index (Phi) is 9.43. The summed E-state index contributed by atoms with van der Waals surface area (Å²) in [6.07, 6.45) is 0. The van der Waals surface area contributed by atoms with Gasteiger partial charge in [-0.25, -0.2) is 4.99 Å². The van der Waals surface area contributed by atoms with E-state index in [1.165, 1.54) is 11.1 Å². The fraction of sp³-hybridized carbons (Fsp3) is 0.458. The third-order valence-electron chi connectivity index (χ3n) is 5.69. The topological polar surface area (TPSA) is 61.4 Å². The third kappa shape index (κ3) is 6.98. The Morgan fingerprint density at radius 3 is 2.34 bits per heavy atom. The predicted molar refractivity (Wildman–Crippen MR) is 139 cm³/mol. The van der Waals surface area contributed by atoms with Gasteiger partial charge in [0.2, 0.25) is 6.79 Å². The lowest BCUT2D eigenvalue weighted by molar-refractivity contribution is 0.148. The van der Waals surface area contributed by atoms with Crippen LogP contribution in [-0.4, -0.2) is 62.3 Å². The lowest BCUT2D eigenvalue weighted by Gasteiger charge is -2.32. The molecule has 2 heterocycles. The van der Waals surface area contributed by atoms with Crippen molar-refractivity contribution in [1.82, 2.24) is 20.4 Å². The predicted octanol–water partition coefficient (Wildman–Crippen LogP) is 3.04. The number of hydrogen-bond acceptors (Lipinski definition) is 5. The zero-order valence-electron chi connectivity index (χ0n) is 19.0. The highest BCUT2D eigenvalue weighted by Gasteiger charge is 2.14. The Hall–Kier alpha value is -2.04. The summed E-state index contributed by atoms with van der Waals surface area (Å²) >= 11 is 0. The second-order valence-corrected chi connectivity index (χ2v) is 8.13. The molecule has 2 aromatic rings. The second kappa shape index (κ2) is 12.3. The number of guanidine groups is 1. The summed E-state index contributed by atoms with van der Waals surface area (Å²) in [4.78, 5) is 9.63. The minimum atomic E-state index is 0. The van der Waals surface area contributed by atoms with Crippen LogP contribution in [0.3, 0.4) is 0 Å². The van der Waals surface area contributed by atoms with E-state index < -0.39 is 0 Å². The van der Waals surface area contributed by atoms with Gasteiger partial charge in [-0.05, 0) is 42.8 Å². The molecule has 0 saturated carbocycles. The van der Waals surface area contributed by atoms with Crippen LogP contribution in [0.15, 0.2) is 47.5 Å². The van der Waals surface area contributed by atoms with Crippen molar-refractivity contribution in [2.45, 2.75) is 26.6 Å². The van der Waals surface area contributed by atoms with Crippen LogP contribution >= 0.6 is 24.0 Å². The minimum absolute atomic E-state index is 0. The van der Waals surface area contributed by atoms with E-state index in [1.54, 1.807) is 0 Å². The van der Waals surface area contributed by atoms with Crippen molar-refractivity contribution in [1.29, 1.82) is 0 Å². The van der Waals surface area contributed by atoms with E-state index >= 15 is 0 Å². The molecule has 7 nitrogen and oxygen atoms in total. The molecule has 0 unspecified atom stereocenters. The summed E-state index contributed by atoms with van der Waals surface area (Å²) in [5, 5.41) is 6.75. The molecule has 0 spiro atoms. The van der Waals surface area contributed by atoms with Crippen LogP contribution in [0.25, 0.3) is 0 Å². The standard InChI is InChI=1S/C24H33N5O2.HI/c1-3-25-24(27-16-21-8-9-22-23(14-21)31-18-30-22)26-15-19-4-6-20(7-5-19)17-29-12-10-28(2)11-13-29;/h4-9,14H,3,10-13,15-18H2,1-2H3,(H2,25,26,27);1H. The normalized spacial score (nSPS) is 16.5. The summed E-state index contributed by atoms with van der Waals surface area (Å²) in [7, 11) is 2.19. The van der Waals surface area contributed by atoms with E-state index in [2.05, 4.69) is 58.7 Å². The van der Waals surface area contributed by atoms with Gasteiger partial charge in [0.1, 0.15) is 0 Å². The average Bonchev–Trinajstić information content (AvgIpc) is 3.26. The summed E-state index contributed by atoms with van der Waals surface area (Å²) in [5.74, 6) is 2.40. The summed E-state index contributed by atoms with van der Waals surface area (Å²) < 4.78 is 10.8. The zero-order chi connectivity index (χ0) is 21.5. The Morgan fingerprint density at radius 2 is 1.59 bits per heavy atom. The minimum Gasteiger partial charge on any atom is -0.454 e. The Morgan fingerprint density at radius 1 is 0.906 bits per heavy atom. The quantitative estimate of drug-likeness (QED) is 0.314. The number of nitrogens with zero attached hydrogens (tertiary/aromatic N) is 3. The summed E-state index contributed by atoms with van der Waals surface area (Å²) in [6, 6.07) is 14.9. The summed E-state index contributed by atoms with van der Waals surface area (Å²) in [5.41, 5.74) is 3.71. The maximum Gasteiger partial charge on any atom is 0.231 e. The number of likely N-dealkylation sites (N-methyl/N-ethyl adjacent to an activating group) is 1. The first kappa shape index (κ1) is 24.6. The van der Waals surface area contributed by atoms with Crippen LogP contribution < -0.4 is 20.1 Å². The van der Waals surface area contributed by atoms with Crippen molar-refractivity contribution < 1.29 is 9.47 Å². The molecule has 2 N–H and O–H groups in total. The van der Waals surface area contributed by atoms with Crippen molar-refractivity contribution in [2.24, 2.45) is 4.99 Å². The highest BCUT2D eigenvalue weighted by atomic mass is 127. The van der Waals surface area contributed by atoms with Gasteiger partial charge in [-0.2, -0.15) is 0 Å². The number of benzene rings is 2. The van der Waals surface area contributed by atoms with E-state index in [9.17, 15) is 0 Å². The molecule has 0 amide bonds. The Balaban J connectivity index is 0.00000289. The number of rotatable bonds is 7. The molecule has 32 heavy (non-hydrogen) atoms. The lowest BCUT2D eigenvalue weighted by atomic mass is 10.1. The molecule has 0 atom stereocenters. The molecule has 1 fully saturated rings. The van der Waals surface area contributed by atoms with Crippen LogP contribution in [0.5, 0.6) is 11.5 Å². The van der Waals surface area contributed by atoms with Crippen molar-refractivity contribution >= 4 is 29.9 Å². The third-order valence-corrected chi connectivity index (χ3v) is 5.69. The van der Waals surface area contributed by atoms with Crippen molar-refractivity contribution in [2.75, 3.05) is 46.6 Å². The number of fused-ring (bicyclic) bond motifs is 1. The molecular weight excluding hydrogens is 517 g/mol.